The molecule has 1 heterocycles. The van der Waals surface area contributed by atoms with Gasteiger partial charge in [0.1, 0.15) is 11.4 Å². The first-order valence-electron chi connectivity index (χ1n) is 11.1. The molecular weight excluding hydrogens is 428 g/mol. The fourth-order valence-corrected chi connectivity index (χ4v) is 3.44. The van der Waals surface area contributed by atoms with Crippen LogP contribution in [0.3, 0.4) is 0 Å². The van der Waals surface area contributed by atoms with E-state index in [0.29, 0.717) is 29.2 Å². The van der Waals surface area contributed by atoms with E-state index in [1.165, 1.54) is 0 Å². The monoisotopic (exact) mass is 454 g/mol. The molecule has 0 saturated carbocycles. The number of ether oxygens (including phenoxy) is 1. The van der Waals surface area contributed by atoms with Gasteiger partial charge in [0.2, 0.25) is 0 Å². The molecule has 0 aliphatic rings. The number of carbonyl (C=O) groups excluding carboxylic acids is 2. The smallest absolute Gasteiger partial charge is 0.259 e. The van der Waals surface area contributed by atoms with Crippen molar-refractivity contribution in [3.05, 3.63) is 96.2 Å². The number of nitrogens with one attached hydrogen (secondary N) is 2. The highest BCUT2D eigenvalue weighted by Gasteiger charge is 2.19. The minimum atomic E-state index is -0.293. The van der Waals surface area contributed by atoms with Crippen LogP contribution in [0.25, 0.3) is 16.9 Å². The molecule has 0 radical (unpaired) electrons. The number of hydrogen-bond donors (Lipinski definition) is 2. The lowest BCUT2D eigenvalue weighted by Crippen LogP contribution is -2.28. The van der Waals surface area contributed by atoms with Gasteiger partial charge in [0.25, 0.3) is 11.8 Å². The fraction of sp³-hybridized carbons (Fsp3) is 0.148. The molecule has 0 unspecified atom stereocenters. The Balaban J connectivity index is 1.59. The summed E-state index contributed by atoms with van der Waals surface area (Å²) in [7, 11) is 0. The highest BCUT2D eigenvalue weighted by atomic mass is 16.5. The number of rotatable bonds is 8. The van der Waals surface area contributed by atoms with E-state index >= 15 is 0 Å². The van der Waals surface area contributed by atoms with E-state index in [1.807, 2.05) is 68.4 Å². The molecule has 1 aromatic heterocycles. The van der Waals surface area contributed by atoms with Crippen molar-refractivity contribution in [2.45, 2.75) is 13.8 Å². The standard InChI is InChI=1S/C27H26N4O3/c1-3-28-25(32)18-34-23-11-7-10-21(16-23)29-27(33)24-17-31(22-14-12-19(2)13-15-22)30-26(24)20-8-5-4-6-9-20/h4-17H,3,18H2,1-2H3,(H,28,32)(H,29,33). The Bertz CT molecular complexity index is 1280. The van der Waals surface area contributed by atoms with Crippen LogP contribution in [-0.4, -0.2) is 34.7 Å². The zero-order valence-corrected chi connectivity index (χ0v) is 19.1. The summed E-state index contributed by atoms with van der Waals surface area (Å²) < 4.78 is 7.24. The first-order chi connectivity index (χ1) is 16.5. The van der Waals surface area contributed by atoms with Gasteiger partial charge in [0.15, 0.2) is 6.61 Å². The SMILES string of the molecule is CCNC(=O)COc1cccc(NC(=O)c2cn(-c3ccc(C)cc3)nc2-c2ccccc2)c1. The molecular formula is C27H26N4O3. The van der Waals surface area contributed by atoms with Crippen LogP contribution in [0.15, 0.2) is 85.1 Å². The Hall–Kier alpha value is -4.39. The summed E-state index contributed by atoms with van der Waals surface area (Å²) in [4.78, 5) is 25.0. The highest BCUT2D eigenvalue weighted by Crippen LogP contribution is 2.25. The second kappa shape index (κ2) is 10.5. The molecule has 172 valence electrons. The molecule has 3 aromatic carbocycles. The van der Waals surface area contributed by atoms with Crippen LogP contribution >= 0.6 is 0 Å². The van der Waals surface area contributed by atoms with E-state index in [2.05, 4.69) is 10.6 Å². The van der Waals surface area contributed by atoms with E-state index in [1.54, 1.807) is 35.1 Å². The number of carbonyl (C=O) groups is 2. The quantitative estimate of drug-likeness (QED) is 0.407. The summed E-state index contributed by atoms with van der Waals surface area (Å²) in [5, 5.41) is 10.3. The summed E-state index contributed by atoms with van der Waals surface area (Å²) >= 11 is 0. The normalized spacial score (nSPS) is 10.5. The van der Waals surface area contributed by atoms with Gasteiger partial charge in [0.05, 0.1) is 11.3 Å². The van der Waals surface area contributed by atoms with Crippen molar-refractivity contribution in [3.63, 3.8) is 0 Å². The maximum atomic E-state index is 13.3. The van der Waals surface area contributed by atoms with Gasteiger partial charge in [-0.2, -0.15) is 5.10 Å². The van der Waals surface area contributed by atoms with Crippen LogP contribution in [0.1, 0.15) is 22.8 Å². The van der Waals surface area contributed by atoms with Crippen LogP contribution in [0.5, 0.6) is 5.75 Å². The fourth-order valence-electron chi connectivity index (χ4n) is 3.44. The minimum absolute atomic E-state index is 0.0906. The third-order valence-electron chi connectivity index (χ3n) is 5.14. The predicted octanol–water partition coefficient (Wildman–Crippen LogP) is 4.61. The molecule has 0 aliphatic heterocycles. The van der Waals surface area contributed by atoms with Crippen LogP contribution in [-0.2, 0) is 4.79 Å². The Morgan fingerprint density at radius 3 is 2.47 bits per heavy atom. The lowest BCUT2D eigenvalue weighted by atomic mass is 10.1. The summed E-state index contributed by atoms with van der Waals surface area (Å²) in [5.41, 5.74) is 4.44. The summed E-state index contributed by atoms with van der Waals surface area (Å²) in [6.07, 6.45) is 1.73. The van der Waals surface area contributed by atoms with E-state index in [0.717, 1.165) is 16.8 Å². The maximum Gasteiger partial charge on any atom is 0.259 e. The summed E-state index contributed by atoms with van der Waals surface area (Å²) in [5.74, 6) is -0.00580. The third-order valence-corrected chi connectivity index (χ3v) is 5.14. The van der Waals surface area contributed by atoms with Gasteiger partial charge in [-0.15, -0.1) is 0 Å². The van der Waals surface area contributed by atoms with E-state index in [4.69, 9.17) is 9.84 Å². The third kappa shape index (κ3) is 5.50. The topological polar surface area (TPSA) is 85.3 Å². The Morgan fingerprint density at radius 1 is 0.971 bits per heavy atom. The maximum absolute atomic E-state index is 13.3. The van der Waals surface area contributed by atoms with E-state index in [9.17, 15) is 9.59 Å². The largest absolute Gasteiger partial charge is 0.484 e. The average molecular weight is 455 g/mol. The molecule has 4 rings (SSSR count). The number of anilines is 1. The Kier molecular flexibility index (Phi) is 7.03. The molecule has 2 N–H and O–H groups in total. The van der Waals surface area contributed by atoms with Crippen molar-refractivity contribution < 1.29 is 14.3 Å². The molecule has 4 aromatic rings. The lowest BCUT2D eigenvalue weighted by Gasteiger charge is -2.09. The van der Waals surface area contributed by atoms with Crippen molar-refractivity contribution in [3.8, 4) is 22.7 Å². The zero-order chi connectivity index (χ0) is 23.9. The number of aromatic nitrogens is 2. The molecule has 0 spiro atoms. The Morgan fingerprint density at radius 2 is 1.74 bits per heavy atom. The van der Waals surface area contributed by atoms with Gasteiger partial charge in [-0.05, 0) is 38.1 Å². The zero-order valence-electron chi connectivity index (χ0n) is 19.1. The molecule has 0 fully saturated rings. The van der Waals surface area contributed by atoms with Gasteiger partial charge < -0.3 is 15.4 Å². The van der Waals surface area contributed by atoms with E-state index in [-0.39, 0.29) is 18.4 Å². The Labute approximate surface area is 198 Å². The van der Waals surface area contributed by atoms with Crippen molar-refractivity contribution >= 4 is 17.5 Å². The molecule has 7 heteroatoms. The number of amides is 2. The van der Waals surface area contributed by atoms with Crippen LogP contribution in [0.4, 0.5) is 5.69 Å². The predicted molar refractivity (Wildman–Crippen MR) is 132 cm³/mol. The first-order valence-corrected chi connectivity index (χ1v) is 11.1. The van der Waals surface area contributed by atoms with Gasteiger partial charge in [0, 0.05) is 30.1 Å². The van der Waals surface area contributed by atoms with Gasteiger partial charge >= 0.3 is 0 Å². The minimum Gasteiger partial charge on any atom is -0.484 e. The molecule has 7 nitrogen and oxygen atoms in total. The van der Waals surface area contributed by atoms with Crippen molar-refractivity contribution in [2.75, 3.05) is 18.5 Å². The van der Waals surface area contributed by atoms with Crippen LogP contribution in [0, 0.1) is 6.92 Å². The molecule has 0 aliphatic carbocycles. The number of benzene rings is 3. The molecule has 0 bridgehead atoms. The van der Waals surface area contributed by atoms with Crippen molar-refractivity contribution in [2.24, 2.45) is 0 Å². The molecule has 0 atom stereocenters. The van der Waals surface area contributed by atoms with Crippen molar-refractivity contribution in [1.82, 2.24) is 15.1 Å². The number of hydrogen-bond acceptors (Lipinski definition) is 4. The lowest BCUT2D eigenvalue weighted by molar-refractivity contribution is -0.122. The van der Waals surface area contributed by atoms with Crippen LogP contribution in [0.2, 0.25) is 0 Å². The van der Waals surface area contributed by atoms with Gasteiger partial charge in [-0.1, -0.05) is 54.1 Å². The molecule has 0 saturated heterocycles. The van der Waals surface area contributed by atoms with E-state index < -0.39 is 0 Å². The van der Waals surface area contributed by atoms with Gasteiger partial charge in [-0.3, -0.25) is 9.59 Å². The molecule has 34 heavy (non-hydrogen) atoms. The highest BCUT2D eigenvalue weighted by molar-refractivity contribution is 6.08. The van der Waals surface area contributed by atoms with Crippen molar-refractivity contribution in [1.29, 1.82) is 0 Å². The average Bonchev–Trinajstić information content (AvgIpc) is 3.30. The second-order valence-electron chi connectivity index (χ2n) is 7.76. The van der Waals surface area contributed by atoms with Gasteiger partial charge in [-0.25, -0.2) is 4.68 Å². The number of aryl methyl sites for hydroxylation is 1. The first kappa shape index (κ1) is 22.8. The second-order valence-corrected chi connectivity index (χ2v) is 7.76. The number of likely N-dealkylation sites (N-methyl/N-ethyl adjacent to an activating group) is 1. The summed E-state index contributed by atoms with van der Waals surface area (Å²) in [6.45, 7) is 4.32. The molecule has 2 amide bonds. The summed E-state index contributed by atoms with van der Waals surface area (Å²) in [6, 6.07) is 24.5. The van der Waals surface area contributed by atoms with Crippen LogP contribution < -0.4 is 15.4 Å². The number of nitrogens with zero attached hydrogens (tertiary/aromatic N) is 2.